The summed E-state index contributed by atoms with van der Waals surface area (Å²) in [6, 6.07) is 10.5. The smallest absolute Gasteiger partial charge is 0.255 e. The van der Waals surface area contributed by atoms with Crippen LogP contribution in [0.4, 0.5) is 0 Å². The van der Waals surface area contributed by atoms with Gasteiger partial charge in [-0.1, -0.05) is 18.2 Å². The Kier molecular flexibility index (Phi) is 3.43. The predicted molar refractivity (Wildman–Crippen MR) is 80.7 cm³/mol. The summed E-state index contributed by atoms with van der Waals surface area (Å²) in [6.07, 6.45) is 5.11. The molecule has 2 heterocycles. The molecule has 1 aliphatic heterocycles. The largest absolute Gasteiger partial charge is 0.333 e. The van der Waals surface area contributed by atoms with E-state index >= 15 is 0 Å². The van der Waals surface area contributed by atoms with E-state index in [2.05, 4.69) is 18.8 Å². The van der Waals surface area contributed by atoms with E-state index in [0.717, 1.165) is 23.7 Å². The highest BCUT2D eigenvalue weighted by molar-refractivity contribution is 5.97. The van der Waals surface area contributed by atoms with Crippen LogP contribution < -0.4 is 0 Å². The van der Waals surface area contributed by atoms with Crippen LogP contribution in [-0.2, 0) is 0 Å². The van der Waals surface area contributed by atoms with Gasteiger partial charge in [-0.25, -0.2) is 0 Å². The van der Waals surface area contributed by atoms with Gasteiger partial charge >= 0.3 is 0 Å². The van der Waals surface area contributed by atoms with Gasteiger partial charge in [-0.2, -0.15) is 0 Å². The van der Waals surface area contributed by atoms with Crippen molar-refractivity contribution < 1.29 is 4.79 Å². The lowest BCUT2D eigenvalue weighted by atomic mass is 9.96. The number of hydrogen-bond donors (Lipinski definition) is 0. The number of pyridine rings is 1. The standard InChI is InChI=1S/C17H20N2O/c1-12-6-5-7-13(2)19(12)17(20)15-10-14-8-3-4-9-16(14)18-11-15/h3-4,8-13H,5-7H2,1-2H3. The number of hydrogen-bond acceptors (Lipinski definition) is 2. The molecule has 1 aromatic heterocycles. The maximum atomic E-state index is 12.8. The molecule has 2 atom stereocenters. The zero-order chi connectivity index (χ0) is 14.1. The number of fused-ring (bicyclic) bond motifs is 1. The van der Waals surface area contributed by atoms with Gasteiger partial charge in [-0.15, -0.1) is 0 Å². The van der Waals surface area contributed by atoms with Gasteiger partial charge in [0.05, 0.1) is 11.1 Å². The van der Waals surface area contributed by atoms with Gasteiger partial charge in [0.15, 0.2) is 0 Å². The molecule has 0 bridgehead atoms. The Bertz CT molecular complexity index is 628. The second kappa shape index (κ2) is 5.23. The number of amides is 1. The van der Waals surface area contributed by atoms with Crippen LogP contribution in [0.15, 0.2) is 36.5 Å². The third kappa shape index (κ3) is 2.28. The van der Waals surface area contributed by atoms with Gasteiger partial charge < -0.3 is 4.90 Å². The molecule has 0 aliphatic carbocycles. The number of carbonyl (C=O) groups excluding carboxylic acids is 1. The highest BCUT2D eigenvalue weighted by atomic mass is 16.2. The van der Waals surface area contributed by atoms with Crippen molar-refractivity contribution in [2.75, 3.05) is 0 Å². The van der Waals surface area contributed by atoms with E-state index in [1.54, 1.807) is 6.20 Å². The molecule has 1 aliphatic rings. The van der Waals surface area contributed by atoms with Gasteiger partial charge in [0, 0.05) is 23.7 Å². The number of carbonyl (C=O) groups is 1. The van der Waals surface area contributed by atoms with E-state index in [0.29, 0.717) is 17.6 Å². The topological polar surface area (TPSA) is 33.2 Å². The van der Waals surface area contributed by atoms with Crippen LogP contribution >= 0.6 is 0 Å². The van der Waals surface area contributed by atoms with Gasteiger partial charge in [0.1, 0.15) is 0 Å². The molecule has 1 aromatic carbocycles. The molecule has 1 saturated heterocycles. The lowest BCUT2D eigenvalue weighted by molar-refractivity contribution is 0.0510. The second-order valence-corrected chi connectivity index (χ2v) is 5.76. The Balaban J connectivity index is 1.95. The zero-order valence-electron chi connectivity index (χ0n) is 12.0. The molecule has 0 saturated carbocycles. The number of piperidine rings is 1. The summed E-state index contributed by atoms with van der Waals surface area (Å²) < 4.78 is 0. The van der Waals surface area contributed by atoms with E-state index < -0.39 is 0 Å². The second-order valence-electron chi connectivity index (χ2n) is 5.76. The molecule has 104 valence electrons. The first-order chi connectivity index (χ1) is 9.66. The third-order valence-electron chi connectivity index (χ3n) is 4.27. The molecule has 3 nitrogen and oxygen atoms in total. The SMILES string of the molecule is CC1CCCC(C)N1C(=O)c1cnc2ccccc2c1. The van der Waals surface area contributed by atoms with E-state index in [-0.39, 0.29) is 5.91 Å². The van der Waals surface area contributed by atoms with Crippen molar-refractivity contribution >= 4 is 16.8 Å². The quantitative estimate of drug-likeness (QED) is 0.791. The molecule has 1 fully saturated rings. The minimum Gasteiger partial charge on any atom is -0.333 e. The van der Waals surface area contributed by atoms with Crippen molar-refractivity contribution in [3.63, 3.8) is 0 Å². The summed E-state index contributed by atoms with van der Waals surface area (Å²) >= 11 is 0. The monoisotopic (exact) mass is 268 g/mol. The van der Waals surface area contributed by atoms with Crippen molar-refractivity contribution in [3.05, 3.63) is 42.1 Å². The van der Waals surface area contributed by atoms with Gasteiger partial charge in [-0.3, -0.25) is 9.78 Å². The maximum Gasteiger partial charge on any atom is 0.255 e. The first kappa shape index (κ1) is 13.1. The Morgan fingerprint density at radius 3 is 2.65 bits per heavy atom. The van der Waals surface area contributed by atoms with E-state index in [4.69, 9.17) is 0 Å². The van der Waals surface area contributed by atoms with Crippen LogP contribution in [0.2, 0.25) is 0 Å². The van der Waals surface area contributed by atoms with Crippen molar-refractivity contribution in [1.82, 2.24) is 9.88 Å². The maximum absolute atomic E-state index is 12.8. The summed E-state index contributed by atoms with van der Waals surface area (Å²) in [5.74, 6) is 0.114. The number of benzene rings is 1. The molecule has 3 heteroatoms. The minimum absolute atomic E-state index is 0.114. The molecule has 2 aromatic rings. The molecule has 3 rings (SSSR count). The number of para-hydroxylation sites is 1. The lowest BCUT2D eigenvalue weighted by Gasteiger charge is -2.39. The van der Waals surface area contributed by atoms with Crippen LogP contribution in [-0.4, -0.2) is 27.9 Å². The van der Waals surface area contributed by atoms with Gasteiger partial charge in [0.25, 0.3) is 5.91 Å². The normalized spacial score (nSPS) is 23.0. The minimum atomic E-state index is 0.114. The fraction of sp³-hybridized carbons (Fsp3) is 0.412. The van der Waals surface area contributed by atoms with Gasteiger partial charge in [-0.05, 0) is 45.2 Å². The Labute approximate surface area is 119 Å². The lowest BCUT2D eigenvalue weighted by Crippen LogP contribution is -2.47. The van der Waals surface area contributed by atoms with E-state index in [1.807, 2.05) is 35.2 Å². The molecule has 1 amide bonds. The summed E-state index contributed by atoms with van der Waals surface area (Å²) in [4.78, 5) is 19.2. The molecule has 0 N–H and O–H groups in total. The number of likely N-dealkylation sites (tertiary alicyclic amines) is 1. The summed E-state index contributed by atoms with van der Waals surface area (Å²) in [7, 11) is 0. The first-order valence-electron chi connectivity index (χ1n) is 7.34. The van der Waals surface area contributed by atoms with Crippen LogP contribution in [0.25, 0.3) is 10.9 Å². The molecular weight excluding hydrogens is 248 g/mol. The highest BCUT2D eigenvalue weighted by Crippen LogP contribution is 2.25. The molecule has 0 radical (unpaired) electrons. The van der Waals surface area contributed by atoms with Crippen LogP contribution in [0.1, 0.15) is 43.5 Å². The Morgan fingerprint density at radius 2 is 1.90 bits per heavy atom. The van der Waals surface area contributed by atoms with Crippen LogP contribution in [0.5, 0.6) is 0 Å². The molecule has 0 spiro atoms. The fourth-order valence-electron chi connectivity index (χ4n) is 3.16. The molecule has 20 heavy (non-hydrogen) atoms. The van der Waals surface area contributed by atoms with Gasteiger partial charge in [0.2, 0.25) is 0 Å². The van der Waals surface area contributed by atoms with Crippen LogP contribution in [0, 0.1) is 0 Å². The third-order valence-corrected chi connectivity index (χ3v) is 4.27. The molecular formula is C17H20N2O. The fourth-order valence-corrected chi connectivity index (χ4v) is 3.16. The predicted octanol–water partition coefficient (Wildman–Crippen LogP) is 3.64. The first-order valence-corrected chi connectivity index (χ1v) is 7.34. The van der Waals surface area contributed by atoms with Crippen molar-refractivity contribution in [3.8, 4) is 0 Å². The average Bonchev–Trinajstić information content (AvgIpc) is 2.46. The van der Waals surface area contributed by atoms with Crippen molar-refractivity contribution in [2.24, 2.45) is 0 Å². The summed E-state index contributed by atoms with van der Waals surface area (Å²) in [5.41, 5.74) is 1.63. The Morgan fingerprint density at radius 1 is 1.20 bits per heavy atom. The highest BCUT2D eigenvalue weighted by Gasteiger charge is 2.29. The number of nitrogens with zero attached hydrogens (tertiary/aromatic N) is 2. The molecule has 2 unspecified atom stereocenters. The summed E-state index contributed by atoms with van der Waals surface area (Å²) in [6.45, 7) is 4.28. The zero-order valence-corrected chi connectivity index (χ0v) is 12.0. The average molecular weight is 268 g/mol. The Hall–Kier alpha value is -1.90. The van der Waals surface area contributed by atoms with Crippen molar-refractivity contribution in [1.29, 1.82) is 0 Å². The van der Waals surface area contributed by atoms with Crippen LogP contribution in [0.3, 0.4) is 0 Å². The number of aromatic nitrogens is 1. The van der Waals surface area contributed by atoms with E-state index in [1.165, 1.54) is 6.42 Å². The van der Waals surface area contributed by atoms with Crippen molar-refractivity contribution in [2.45, 2.75) is 45.2 Å². The number of rotatable bonds is 1. The summed E-state index contributed by atoms with van der Waals surface area (Å²) in [5, 5.41) is 1.02. The van der Waals surface area contributed by atoms with E-state index in [9.17, 15) is 4.79 Å².